The number of para-hydroxylation sites is 1. The van der Waals surface area contributed by atoms with E-state index in [-0.39, 0.29) is 11.4 Å². The second kappa shape index (κ2) is 7.32. The third-order valence-electron chi connectivity index (χ3n) is 6.26. The van der Waals surface area contributed by atoms with Gasteiger partial charge in [-0.1, -0.05) is 78.4 Å². The van der Waals surface area contributed by atoms with Gasteiger partial charge in [-0.05, 0) is 35.9 Å². The molecule has 1 aromatic heterocycles. The largest absolute Gasteiger partial charge is 0.277 e. The predicted molar refractivity (Wildman–Crippen MR) is 132 cm³/mol. The SMILES string of the molecule is Cc1ccc(S(=O)(=O)N2Cc3c(n[nH]c3-c3cccc4ccccc34)-c3ccccc32)cc1. The molecule has 4 aromatic carbocycles. The van der Waals surface area contributed by atoms with E-state index in [9.17, 15) is 8.42 Å². The minimum absolute atomic E-state index is 0.206. The zero-order valence-corrected chi connectivity index (χ0v) is 18.8. The van der Waals surface area contributed by atoms with Crippen LogP contribution in [0.5, 0.6) is 0 Å². The number of benzene rings is 4. The van der Waals surface area contributed by atoms with Crippen molar-refractivity contribution < 1.29 is 8.42 Å². The molecule has 1 aliphatic rings. The topological polar surface area (TPSA) is 66.1 Å². The number of aromatic nitrogens is 2. The third-order valence-corrected chi connectivity index (χ3v) is 8.04. The number of hydrogen-bond donors (Lipinski definition) is 1. The van der Waals surface area contributed by atoms with Crippen LogP contribution in [0.2, 0.25) is 0 Å². The molecule has 0 amide bonds. The van der Waals surface area contributed by atoms with E-state index in [1.165, 1.54) is 4.31 Å². The first-order valence-corrected chi connectivity index (χ1v) is 12.2. The molecule has 0 aliphatic carbocycles. The Morgan fingerprint density at radius 1 is 0.818 bits per heavy atom. The Labute approximate surface area is 192 Å². The van der Waals surface area contributed by atoms with Gasteiger partial charge in [-0.3, -0.25) is 9.40 Å². The van der Waals surface area contributed by atoms with Gasteiger partial charge in [-0.25, -0.2) is 8.42 Å². The van der Waals surface area contributed by atoms with Gasteiger partial charge in [0.25, 0.3) is 10.0 Å². The van der Waals surface area contributed by atoms with E-state index in [1.807, 2.05) is 61.5 Å². The second-order valence-corrected chi connectivity index (χ2v) is 10.2. The molecular formula is C27H21N3O2S. The van der Waals surface area contributed by atoms with Crippen LogP contribution in [0.3, 0.4) is 0 Å². The Balaban J connectivity index is 1.56. The van der Waals surface area contributed by atoms with Gasteiger partial charge in [0.05, 0.1) is 28.5 Å². The maximum Gasteiger partial charge on any atom is 0.264 e. The highest BCUT2D eigenvalue weighted by molar-refractivity contribution is 7.92. The third kappa shape index (κ3) is 3.06. The van der Waals surface area contributed by atoms with Gasteiger partial charge < -0.3 is 0 Å². The van der Waals surface area contributed by atoms with Crippen molar-refractivity contribution >= 4 is 26.5 Å². The minimum atomic E-state index is -3.76. The highest BCUT2D eigenvalue weighted by atomic mass is 32.2. The zero-order valence-electron chi connectivity index (χ0n) is 18.0. The number of aromatic amines is 1. The van der Waals surface area contributed by atoms with Crippen molar-refractivity contribution in [2.24, 2.45) is 0 Å². The summed E-state index contributed by atoms with van der Waals surface area (Å²) in [6.07, 6.45) is 0. The molecule has 5 aromatic rings. The fourth-order valence-corrected chi connectivity index (χ4v) is 6.03. The second-order valence-electron chi connectivity index (χ2n) is 8.29. The van der Waals surface area contributed by atoms with Crippen LogP contribution < -0.4 is 4.31 Å². The van der Waals surface area contributed by atoms with Crippen LogP contribution in [0.1, 0.15) is 11.1 Å². The van der Waals surface area contributed by atoms with Crippen molar-refractivity contribution in [1.82, 2.24) is 10.2 Å². The molecule has 0 spiro atoms. The smallest absolute Gasteiger partial charge is 0.264 e. The maximum atomic E-state index is 13.7. The number of hydrogen-bond acceptors (Lipinski definition) is 3. The first-order chi connectivity index (χ1) is 16.0. The molecule has 162 valence electrons. The van der Waals surface area contributed by atoms with Crippen LogP contribution in [0, 0.1) is 6.92 Å². The lowest BCUT2D eigenvalue weighted by atomic mass is 9.95. The minimum Gasteiger partial charge on any atom is -0.277 e. The van der Waals surface area contributed by atoms with Gasteiger partial charge in [0.2, 0.25) is 0 Å². The van der Waals surface area contributed by atoms with Crippen molar-refractivity contribution in [3.05, 3.63) is 102 Å². The van der Waals surface area contributed by atoms with E-state index in [0.717, 1.165) is 44.4 Å². The Hall–Kier alpha value is -3.90. The van der Waals surface area contributed by atoms with Crippen LogP contribution >= 0.6 is 0 Å². The molecule has 0 bridgehead atoms. The lowest BCUT2D eigenvalue weighted by Crippen LogP contribution is -2.33. The van der Waals surface area contributed by atoms with Gasteiger partial charge >= 0.3 is 0 Å². The Morgan fingerprint density at radius 2 is 1.52 bits per heavy atom. The molecule has 0 saturated heterocycles. The lowest BCUT2D eigenvalue weighted by Gasteiger charge is -2.30. The molecule has 33 heavy (non-hydrogen) atoms. The molecule has 1 aliphatic heterocycles. The average Bonchev–Trinajstić information content (AvgIpc) is 3.27. The molecule has 0 atom stereocenters. The van der Waals surface area contributed by atoms with Gasteiger partial charge in [0.15, 0.2) is 0 Å². The molecule has 0 fully saturated rings. The number of sulfonamides is 1. The summed E-state index contributed by atoms with van der Waals surface area (Å²) in [4.78, 5) is 0.279. The molecule has 2 heterocycles. The highest BCUT2D eigenvalue weighted by Gasteiger charge is 2.34. The summed E-state index contributed by atoms with van der Waals surface area (Å²) in [5.41, 5.74) is 5.99. The highest BCUT2D eigenvalue weighted by Crippen LogP contribution is 2.44. The standard InChI is InChI=1S/C27H21N3O2S/c1-18-13-15-20(16-14-18)33(31,32)30-17-24-26(22-11-6-8-19-7-2-3-9-21(19)22)28-29-27(24)23-10-4-5-12-25(23)30/h2-16H,17H2,1H3,(H,28,29). The van der Waals surface area contributed by atoms with Crippen LogP contribution in [-0.2, 0) is 16.6 Å². The number of anilines is 1. The van der Waals surface area contributed by atoms with Gasteiger partial charge in [0.1, 0.15) is 0 Å². The summed E-state index contributed by atoms with van der Waals surface area (Å²) in [5.74, 6) is 0. The van der Waals surface area contributed by atoms with Crippen molar-refractivity contribution in [3.8, 4) is 22.5 Å². The predicted octanol–water partition coefficient (Wildman–Crippen LogP) is 5.91. The number of H-pyrrole nitrogens is 1. The van der Waals surface area contributed by atoms with Crippen LogP contribution in [0.25, 0.3) is 33.3 Å². The number of aryl methyl sites for hydroxylation is 1. The molecule has 6 rings (SSSR count). The van der Waals surface area contributed by atoms with Gasteiger partial charge in [-0.15, -0.1) is 0 Å². The molecule has 0 unspecified atom stereocenters. The van der Waals surface area contributed by atoms with E-state index in [1.54, 1.807) is 12.1 Å². The molecule has 0 radical (unpaired) electrons. The Morgan fingerprint density at radius 3 is 2.36 bits per heavy atom. The van der Waals surface area contributed by atoms with Gasteiger partial charge in [0, 0.05) is 16.7 Å². The molecule has 6 heteroatoms. The lowest BCUT2D eigenvalue weighted by molar-refractivity contribution is 0.590. The Kier molecular flexibility index (Phi) is 4.38. The van der Waals surface area contributed by atoms with Crippen LogP contribution in [0.4, 0.5) is 5.69 Å². The summed E-state index contributed by atoms with van der Waals surface area (Å²) < 4.78 is 29.0. The Bertz CT molecular complexity index is 1610. The fraction of sp³-hybridized carbons (Fsp3) is 0.0741. The van der Waals surface area contributed by atoms with E-state index in [2.05, 4.69) is 34.5 Å². The van der Waals surface area contributed by atoms with Crippen molar-refractivity contribution in [2.75, 3.05) is 4.31 Å². The summed E-state index contributed by atoms with van der Waals surface area (Å²) in [5, 5.41) is 10.1. The number of fused-ring (bicyclic) bond motifs is 4. The first-order valence-electron chi connectivity index (χ1n) is 10.8. The van der Waals surface area contributed by atoms with E-state index < -0.39 is 10.0 Å². The average molecular weight is 452 g/mol. The normalized spacial score (nSPS) is 13.1. The first kappa shape index (κ1) is 19.8. The molecular weight excluding hydrogens is 430 g/mol. The quantitative estimate of drug-likeness (QED) is 0.371. The van der Waals surface area contributed by atoms with Crippen molar-refractivity contribution in [2.45, 2.75) is 18.4 Å². The van der Waals surface area contributed by atoms with E-state index >= 15 is 0 Å². The summed E-state index contributed by atoms with van der Waals surface area (Å²) in [6, 6.07) is 28.9. The molecule has 0 saturated carbocycles. The van der Waals surface area contributed by atoms with Crippen LogP contribution in [-0.4, -0.2) is 18.6 Å². The molecule has 1 N–H and O–H groups in total. The van der Waals surface area contributed by atoms with E-state index in [4.69, 9.17) is 0 Å². The van der Waals surface area contributed by atoms with E-state index in [0.29, 0.717) is 5.69 Å². The zero-order chi connectivity index (χ0) is 22.6. The number of rotatable bonds is 3. The summed E-state index contributed by atoms with van der Waals surface area (Å²) >= 11 is 0. The number of nitrogens with zero attached hydrogens (tertiary/aromatic N) is 2. The number of nitrogens with one attached hydrogen (secondary N) is 1. The monoisotopic (exact) mass is 451 g/mol. The molecule has 5 nitrogen and oxygen atoms in total. The van der Waals surface area contributed by atoms with Crippen molar-refractivity contribution in [3.63, 3.8) is 0 Å². The van der Waals surface area contributed by atoms with Gasteiger partial charge in [-0.2, -0.15) is 5.10 Å². The van der Waals surface area contributed by atoms with Crippen molar-refractivity contribution in [1.29, 1.82) is 0 Å². The fourth-order valence-electron chi connectivity index (χ4n) is 4.58. The summed E-state index contributed by atoms with van der Waals surface area (Å²) in [6.45, 7) is 2.15. The maximum absolute atomic E-state index is 13.7. The summed E-state index contributed by atoms with van der Waals surface area (Å²) in [7, 11) is -3.76. The van der Waals surface area contributed by atoms with Crippen LogP contribution in [0.15, 0.2) is 95.9 Å².